The first kappa shape index (κ1) is 14.6. The van der Waals surface area contributed by atoms with Gasteiger partial charge in [0.25, 0.3) is 0 Å². The molecule has 0 atom stereocenters. The van der Waals surface area contributed by atoms with Crippen molar-refractivity contribution in [1.82, 2.24) is 0 Å². The average Bonchev–Trinajstić information content (AvgIpc) is 2.49. The van der Waals surface area contributed by atoms with E-state index in [2.05, 4.69) is 4.74 Å². The molecule has 1 saturated heterocycles. The molecular weight excluding hydrogens is 263 g/mol. The summed E-state index contributed by atoms with van der Waals surface area (Å²) in [4.78, 5) is 14.9. The largest absolute Gasteiger partial charge is 0.452 e. The second-order valence-corrected chi connectivity index (χ2v) is 4.45. The topological polar surface area (TPSA) is 42.0 Å². The molecule has 0 radical (unpaired) electrons. The van der Waals surface area contributed by atoms with Gasteiger partial charge < -0.3 is 14.4 Å². The van der Waals surface area contributed by atoms with Crippen LogP contribution in [0.3, 0.4) is 0 Å². The van der Waals surface area contributed by atoms with Gasteiger partial charge in [-0.05, 0) is 25.1 Å². The molecule has 5 nitrogen and oxygen atoms in total. The van der Waals surface area contributed by atoms with Gasteiger partial charge in [-0.15, -0.1) is 0 Å². The number of carbonyl (C=O) groups is 1. The highest BCUT2D eigenvalue weighted by Crippen LogP contribution is 2.26. The van der Waals surface area contributed by atoms with Gasteiger partial charge in [-0.1, -0.05) is 0 Å². The Hall–Kier alpha value is -1.82. The maximum absolute atomic E-state index is 14.2. The van der Waals surface area contributed by atoms with Crippen LogP contribution in [0, 0.1) is 5.82 Å². The SMILES string of the molecule is CCN(C(=O)OC)c1ccc(N2CCOCC2)c(F)c1. The zero-order chi connectivity index (χ0) is 14.5. The standard InChI is InChI=1S/C14H19FN2O3/c1-3-17(14(18)19-2)11-4-5-13(12(15)10-11)16-6-8-20-9-7-16/h4-5,10H,3,6-9H2,1-2H3. The molecule has 1 aliphatic heterocycles. The Balaban J connectivity index is 2.22. The molecule has 0 saturated carbocycles. The molecule has 0 bridgehead atoms. The number of ether oxygens (including phenoxy) is 2. The third-order valence-electron chi connectivity index (χ3n) is 3.31. The lowest BCUT2D eigenvalue weighted by atomic mass is 10.2. The first-order chi connectivity index (χ1) is 9.67. The lowest BCUT2D eigenvalue weighted by Gasteiger charge is -2.29. The number of rotatable bonds is 3. The molecule has 0 N–H and O–H groups in total. The molecule has 2 rings (SSSR count). The van der Waals surface area contributed by atoms with E-state index in [0.717, 1.165) is 0 Å². The molecule has 1 aromatic rings. The highest BCUT2D eigenvalue weighted by atomic mass is 19.1. The quantitative estimate of drug-likeness (QED) is 0.853. The van der Waals surface area contributed by atoms with Crippen LogP contribution in [0.25, 0.3) is 0 Å². The predicted molar refractivity (Wildman–Crippen MR) is 74.9 cm³/mol. The van der Waals surface area contributed by atoms with Gasteiger partial charge in [0, 0.05) is 19.6 Å². The maximum Gasteiger partial charge on any atom is 0.413 e. The number of hydrogen-bond donors (Lipinski definition) is 0. The van der Waals surface area contributed by atoms with Crippen LogP contribution in [-0.2, 0) is 9.47 Å². The highest BCUT2D eigenvalue weighted by molar-refractivity contribution is 5.87. The van der Waals surface area contributed by atoms with Gasteiger partial charge in [0.2, 0.25) is 0 Å². The van der Waals surface area contributed by atoms with E-state index < -0.39 is 6.09 Å². The summed E-state index contributed by atoms with van der Waals surface area (Å²) >= 11 is 0. The van der Waals surface area contributed by atoms with Gasteiger partial charge in [-0.2, -0.15) is 0 Å². The van der Waals surface area contributed by atoms with E-state index >= 15 is 0 Å². The van der Waals surface area contributed by atoms with Gasteiger partial charge in [-0.25, -0.2) is 9.18 Å². The third-order valence-corrected chi connectivity index (χ3v) is 3.31. The minimum absolute atomic E-state index is 0.341. The van der Waals surface area contributed by atoms with Crippen LogP contribution in [0.1, 0.15) is 6.92 Å². The van der Waals surface area contributed by atoms with Crippen molar-refractivity contribution in [2.24, 2.45) is 0 Å². The van der Waals surface area contributed by atoms with E-state index in [1.807, 2.05) is 11.8 Å². The molecule has 1 aromatic carbocycles. The van der Waals surface area contributed by atoms with Gasteiger partial charge in [-0.3, -0.25) is 4.90 Å². The molecule has 1 fully saturated rings. The number of halogens is 1. The monoisotopic (exact) mass is 282 g/mol. The fraction of sp³-hybridized carbons (Fsp3) is 0.500. The number of anilines is 2. The highest BCUT2D eigenvalue weighted by Gasteiger charge is 2.19. The summed E-state index contributed by atoms with van der Waals surface area (Å²) in [6, 6.07) is 4.79. The van der Waals surface area contributed by atoms with Crippen LogP contribution in [0.4, 0.5) is 20.6 Å². The van der Waals surface area contributed by atoms with Crippen LogP contribution in [-0.4, -0.2) is 46.1 Å². The lowest BCUT2D eigenvalue weighted by molar-refractivity contribution is 0.122. The van der Waals surface area contributed by atoms with E-state index in [0.29, 0.717) is 44.2 Å². The second kappa shape index (κ2) is 6.56. The molecule has 6 heteroatoms. The molecule has 110 valence electrons. The summed E-state index contributed by atoms with van der Waals surface area (Å²) in [5.41, 5.74) is 1.03. The molecule has 20 heavy (non-hydrogen) atoms. The average molecular weight is 282 g/mol. The zero-order valence-corrected chi connectivity index (χ0v) is 11.8. The summed E-state index contributed by atoms with van der Waals surface area (Å²) in [5, 5.41) is 0. The number of carbonyl (C=O) groups excluding carboxylic acids is 1. The Morgan fingerprint density at radius 3 is 2.70 bits per heavy atom. The smallest absolute Gasteiger partial charge is 0.413 e. The lowest BCUT2D eigenvalue weighted by Crippen LogP contribution is -2.37. The van der Waals surface area contributed by atoms with Gasteiger partial charge >= 0.3 is 6.09 Å². The van der Waals surface area contributed by atoms with E-state index in [1.54, 1.807) is 12.1 Å². The van der Waals surface area contributed by atoms with Gasteiger partial charge in [0.15, 0.2) is 0 Å². The normalized spacial score (nSPS) is 15.1. The number of amides is 1. The van der Waals surface area contributed by atoms with Crippen molar-refractivity contribution in [3.63, 3.8) is 0 Å². The summed E-state index contributed by atoms with van der Waals surface area (Å²) in [6.07, 6.45) is -0.494. The maximum atomic E-state index is 14.2. The summed E-state index contributed by atoms with van der Waals surface area (Å²) in [5.74, 6) is -0.341. The van der Waals surface area contributed by atoms with Gasteiger partial charge in [0.05, 0.1) is 31.7 Å². The second-order valence-electron chi connectivity index (χ2n) is 4.45. The van der Waals surface area contributed by atoms with Crippen LogP contribution in [0.15, 0.2) is 18.2 Å². The fourth-order valence-corrected chi connectivity index (χ4v) is 2.25. The summed E-state index contributed by atoms with van der Waals surface area (Å²) in [6.45, 7) is 4.78. The molecule has 0 aromatic heterocycles. The number of morpholine rings is 1. The zero-order valence-electron chi connectivity index (χ0n) is 11.8. The Labute approximate surface area is 117 Å². The van der Waals surface area contributed by atoms with Crippen molar-refractivity contribution >= 4 is 17.5 Å². The first-order valence-corrected chi connectivity index (χ1v) is 6.65. The molecule has 0 spiro atoms. The van der Waals surface area contributed by atoms with Crippen LogP contribution in [0.2, 0.25) is 0 Å². The predicted octanol–water partition coefficient (Wildman–Crippen LogP) is 2.25. The number of nitrogens with zero attached hydrogens (tertiary/aromatic N) is 2. The Morgan fingerprint density at radius 1 is 1.45 bits per heavy atom. The van der Waals surface area contributed by atoms with Crippen molar-refractivity contribution < 1.29 is 18.7 Å². The van der Waals surface area contributed by atoms with Crippen molar-refractivity contribution in [2.75, 3.05) is 49.8 Å². The van der Waals surface area contributed by atoms with E-state index in [-0.39, 0.29) is 5.82 Å². The van der Waals surface area contributed by atoms with Crippen molar-refractivity contribution in [3.8, 4) is 0 Å². The number of hydrogen-bond acceptors (Lipinski definition) is 4. The van der Waals surface area contributed by atoms with E-state index in [4.69, 9.17) is 4.74 Å². The van der Waals surface area contributed by atoms with Crippen molar-refractivity contribution in [3.05, 3.63) is 24.0 Å². The van der Waals surface area contributed by atoms with Crippen LogP contribution >= 0.6 is 0 Å². The number of benzene rings is 1. The molecule has 1 aliphatic rings. The Bertz CT molecular complexity index is 475. The fourth-order valence-electron chi connectivity index (χ4n) is 2.25. The molecule has 0 aliphatic carbocycles. The third kappa shape index (κ3) is 3.01. The Kier molecular flexibility index (Phi) is 4.79. The molecule has 1 heterocycles. The molecular formula is C14H19FN2O3. The van der Waals surface area contributed by atoms with Crippen LogP contribution in [0.5, 0.6) is 0 Å². The molecule has 0 unspecified atom stereocenters. The van der Waals surface area contributed by atoms with Crippen LogP contribution < -0.4 is 9.80 Å². The van der Waals surface area contributed by atoms with Gasteiger partial charge in [0.1, 0.15) is 5.82 Å². The molecule has 1 amide bonds. The number of methoxy groups -OCH3 is 1. The van der Waals surface area contributed by atoms with Crippen molar-refractivity contribution in [2.45, 2.75) is 6.92 Å². The minimum Gasteiger partial charge on any atom is -0.452 e. The summed E-state index contributed by atoms with van der Waals surface area (Å²) in [7, 11) is 1.31. The Morgan fingerprint density at radius 2 is 2.15 bits per heavy atom. The summed E-state index contributed by atoms with van der Waals surface area (Å²) < 4.78 is 24.2. The van der Waals surface area contributed by atoms with E-state index in [9.17, 15) is 9.18 Å². The van der Waals surface area contributed by atoms with E-state index in [1.165, 1.54) is 18.1 Å². The van der Waals surface area contributed by atoms with Crippen molar-refractivity contribution in [1.29, 1.82) is 0 Å². The first-order valence-electron chi connectivity index (χ1n) is 6.65. The minimum atomic E-state index is -0.494.